The van der Waals surface area contributed by atoms with Gasteiger partial charge in [-0.15, -0.1) is 0 Å². The average molecular weight is 460 g/mol. The molecule has 0 bridgehead atoms. The van der Waals surface area contributed by atoms with Gasteiger partial charge in [0.1, 0.15) is 18.2 Å². The SMILES string of the molecule is CC1=C(Nc2cccc(C(F)(F)F)c2)NC(N)(c2ccc(OCCN3CCCC3)cc2)N=C1. The van der Waals surface area contributed by atoms with Crippen molar-refractivity contribution < 1.29 is 17.9 Å². The zero-order chi connectivity index (χ0) is 23.5. The molecule has 1 unspecified atom stereocenters. The molecule has 1 atom stereocenters. The van der Waals surface area contributed by atoms with Crippen molar-refractivity contribution in [2.45, 2.75) is 31.7 Å². The summed E-state index contributed by atoms with van der Waals surface area (Å²) in [5.74, 6) is -0.0366. The lowest BCUT2D eigenvalue weighted by Crippen LogP contribution is -2.51. The molecule has 6 nitrogen and oxygen atoms in total. The number of nitrogens with zero attached hydrogens (tertiary/aromatic N) is 2. The lowest BCUT2D eigenvalue weighted by molar-refractivity contribution is -0.137. The van der Waals surface area contributed by atoms with E-state index >= 15 is 0 Å². The quantitative estimate of drug-likeness (QED) is 0.577. The number of anilines is 1. The largest absolute Gasteiger partial charge is 0.492 e. The number of likely N-dealkylation sites (tertiary alicyclic amines) is 1. The Bertz CT molecular complexity index is 1030. The van der Waals surface area contributed by atoms with Crippen molar-refractivity contribution in [2.75, 3.05) is 31.6 Å². The molecular weight excluding hydrogens is 431 g/mol. The van der Waals surface area contributed by atoms with Crippen LogP contribution in [0.3, 0.4) is 0 Å². The van der Waals surface area contributed by atoms with E-state index in [4.69, 9.17) is 10.5 Å². The summed E-state index contributed by atoms with van der Waals surface area (Å²) < 4.78 is 45.0. The third-order valence-electron chi connectivity index (χ3n) is 5.80. The van der Waals surface area contributed by atoms with Crippen molar-refractivity contribution >= 4 is 11.9 Å². The number of aliphatic imine (C=N–C) groups is 1. The molecule has 2 aromatic rings. The van der Waals surface area contributed by atoms with E-state index in [2.05, 4.69) is 20.5 Å². The molecule has 2 aliphatic rings. The number of rotatable bonds is 7. The van der Waals surface area contributed by atoms with Crippen LogP contribution in [0.1, 0.15) is 30.9 Å². The highest BCUT2D eigenvalue weighted by Crippen LogP contribution is 2.31. The number of nitrogens with two attached hydrogens (primary N) is 1. The minimum absolute atomic E-state index is 0.297. The van der Waals surface area contributed by atoms with Crippen LogP contribution in [0.4, 0.5) is 18.9 Å². The maximum absolute atomic E-state index is 13.0. The molecule has 33 heavy (non-hydrogen) atoms. The van der Waals surface area contributed by atoms with Crippen molar-refractivity contribution in [1.82, 2.24) is 10.2 Å². The van der Waals surface area contributed by atoms with Gasteiger partial charge in [-0.3, -0.25) is 10.6 Å². The fourth-order valence-electron chi connectivity index (χ4n) is 3.88. The van der Waals surface area contributed by atoms with Gasteiger partial charge in [-0.25, -0.2) is 4.99 Å². The number of alkyl halides is 3. The molecule has 1 fully saturated rings. The molecule has 0 spiro atoms. The van der Waals surface area contributed by atoms with E-state index in [1.54, 1.807) is 19.2 Å². The maximum Gasteiger partial charge on any atom is 0.416 e. The zero-order valence-electron chi connectivity index (χ0n) is 18.5. The fraction of sp³-hybridized carbons (Fsp3) is 0.375. The molecule has 1 saturated heterocycles. The van der Waals surface area contributed by atoms with Crippen molar-refractivity contribution in [3.05, 3.63) is 71.1 Å². The Balaban J connectivity index is 1.41. The highest BCUT2D eigenvalue weighted by Gasteiger charge is 2.32. The number of nitrogens with one attached hydrogen (secondary N) is 2. The van der Waals surface area contributed by atoms with Crippen LogP contribution in [0.2, 0.25) is 0 Å². The molecule has 0 aliphatic carbocycles. The lowest BCUT2D eigenvalue weighted by Gasteiger charge is -2.33. The minimum Gasteiger partial charge on any atom is -0.492 e. The van der Waals surface area contributed by atoms with Crippen LogP contribution in [-0.2, 0) is 12.0 Å². The van der Waals surface area contributed by atoms with Gasteiger partial charge in [0.25, 0.3) is 0 Å². The van der Waals surface area contributed by atoms with Crippen LogP contribution in [0.5, 0.6) is 5.75 Å². The summed E-state index contributed by atoms with van der Waals surface area (Å²) >= 11 is 0. The minimum atomic E-state index is -4.42. The molecule has 4 N–H and O–H groups in total. The second-order valence-electron chi connectivity index (χ2n) is 8.33. The number of ether oxygens (including phenoxy) is 1. The van der Waals surface area contributed by atoms with Crippen molar-refractivity contribution in [3.63, 3.8) is 0 Å². The Labute approximate surface area is 191 Å². The summed E-state index contributed by atoms with van der Waals surface area (Å²) in [5, 5.41) is 6.12. The van der Waals surface area contributed by atoms with Crippen molar-refractivity contribution in [3.8, 4) is 5.75 Å². The van der Waals surface area contributed by atoms with Gasteiger partial charge >= 0.3 is 6.18 Å². The first-order chi connectivity index (χ1) is 15.7. The van der Waals surface area contributed by atoms with Gasteiger partial charge in [-0.2, -0.15) is 13.2 Å². The summed E-state index contributed by atoms with van der Waals surface area (Å²) in [6.07, 6.45) is -0.315. The number of allylic oxidation sites excluding steroid dienone is 1. The molecule has 9 heteroatoms. The Kier molecular flexibility index (Phi) is 6.62. The Morgan fingerprint density at radius 1 is 1.15 bits per heavy atom. The second kappa shape index (κ2) is 9.44. The van der Waals surface area contributed by atoms with E-state index in [0.29, 0.717) is 23.7 Å². The van der Waals surface area contributed by atoms with Crippen molar-refractivity contribution in [2.24, 2.45) is 10.7 Å². The summed E-state index contributed by atoms with van der Waals surface area (Å²) in [6.45, 7) is 5.58. The number of benzene rings is 2. The van der Waals surface area contributed by atoms with Gasteiger partial charge in [0.05, 0.1) is 5.56 Å². The summed E-state index contributed by atoms with van der Waals surface area (Å²) in [5.41, 5.74) is 7.49. The highest BCUT2D eigenvalue weighted by molar-refractivity contribution is 5.81. The number of hydrogen-bond acceptors (Lipinski definition) is 6. The molecule has 2 heterocycles. The Morgan fingerprint density at radius 2 is 1.88 bits per heavy atom. The van der Waals surface area contributed by atoms with Gasteiger partial charge in [-0.1, -0.05) is 6.07 Å². The Morgan fingerprint density at radius 3 is 2.58 bits per heavy atom. The third kappa shape index (κ3) is 5.66. The zero-order valence-corrected chi connectivity index (χ0v) is 18.5. The molecule has 4 rings (SSSR count). The van der Waals surface area contributed by atoms with Crippen LogP contribution in [0.25, 0.3) is 0 Å². The average Bonchev–Trinajstić information content (AvgIpc) is 3.30. The van der Waals surface area contributed by atoms with Gasteiger partial charge in [0.15, 0.2) is 0 Å². The molecule has 2 aromatic carbocycles. The predicted octanol–water partition coefficient (Wildman–Crippen LogP) is 4.27. The smallest absolute Gasteiger partial charge is 0.416 e. The summed E-state index contributed by atoms with van der Waals surface area (Å²) in [7, 11) is 0. The van der Waals surface area contributed by atoms with Crippen LogP contribution in [0.15, 0.2) is 64.9 Å². The van der Waals surface area contributed by atoms with Crippen LogP contribution in [0, 0.1) is 0 Å². The van der Waals surface area contributed by atoms with Gasteiger partial charge in [0.2, 0.25) is 5.79 Å². The third-order valence-corrected chi connectivity index (χ3v) is 5.80. The van der Waals surface area contributed by atoms with E-state index < -0.39 is 17.5 Å². The molecule has 2 aliphatic heterocycles. The monoisotopic (exact) mass is 459 g/mol. The summed E-state index contributed by atoms with van der Waals surface area (Å²) in [4.78, 5) is 6.81. The van der Waals surface area contributed by atoms with Gasteiger partial charge in [0, 0.05) is 29.6 Å². The van der Waals surface area contributed by atoms with E-state index in [9.17, 15) is 13.2 Å². The van der Waals surface area contributed by atoms with E-state index in [1.165, 1.54) is 18.9 Å². The molecule has 0 aromatic heterocycles. The lowest BCUT2D eigenvalue weighted by atomic mass is 10.1. The highest BCUT2D eigenvalue weighted by atomic mass is 19.4. The standard InChI is InChI=1S/C24H28F3N5O/c1-17-16-29-24(28,31-22(17)30-20-6-4-5-19(15-20)23(25,26)27)18-7-9-21(10-8-18)33-14-13-32-11-2-3-12-32/h4-10,15-16,30-31H,2-3,11-14,28H2,1H3. The molecule has 0 amide bonds. The van der Waals surface area contributed by atoms with Gasteiger partial charge in [-0.05, 0) is 75.3 Å². The number of halogens is 3. The first kappa shape index (κ1) is 23.1. The van der Waals surface area contributed by atoms with E-state index in [0.717, 1.165) is 43.1 Å². The van der Waals surface area contributed by atoms with Crippen LogP contribution < -0.4 is 21.1 Å². The maximum atomic E-state index is 13.0. The second-order valence-corrected chi connectivity index (χ2v) is 8.33. The molecular formula is C24H28F3N5O. The molecule has 176 valence electrons. The number of hydrogen-bond donors (Lipinski definition) is 3. The first-order valence-corrected chi connectivity index (χ1v) is 11.0. The Hall–Kier alpha value is -3.04. The summed E-state index contributed by atoms with van der Waals surface area (Å²) in [6, 6.07) is 12.4. The van der Waals surface area contributed by atoms with E-state index in [1.807, 2.05) is 24.3 Å². The van der Waals surface area contributed by atoms with Crippen LogP contribution >= 0.6 is 0 Å². The first-order valence-electron chi connectivity index (χ1n) is 11.0. The normalized spacial score (nSPS) is 21.2. The topological polar surface area (TPSA) is 74.9 Å². The molecule has 0 radical (unpaired) electrons. The van der Waals surface area contributed by atoms with Crippen LogP contribution in [-0.4, -0.2) is 37.4 Å². The fourth-order valence-corrected chi connectivity index (χ4v) is 3.88. The predicted molar refractivity (Wildman–Crippen MR) is 123 cm³/mol. The van der Waals surface area contributed by atoms with Crippen molar-refractivity contribution in [1.29, 1.82) is 0 Å². The van der Waals surface area contributed by atoms with E-state index in [-0.39, 0.29) is 0 Å². The van der Waals surface area contributed by atoms with Gasteiger partial charge < -0.3 is 15.4 Å². The molecule has 0 saturated carbocycles.